The molecule has 4 nitrogen and oxygen atoms in total. The molecular formula is C11H14N2O2. The van der Waals surface area contributed by atoms with Gasteiger partial charge in [-0.1, -0.05) is 12.1 Å². The molecule has 0 bridgehead atoms. The van der Waals surface area contributed by atoms with E-state index in [4.69, 9.17) is 10.5 Å². The van der Waals surface area contributed by atoms with E-state index in [0.717, 1.165) is 11.3 Å². The highest BCUT2D eigenvalue weighted by atomic mass is 16.6. The van der Waals surface area contributed by atoms with Crippen LogP contribution in [-0.4, -0.2) is 18.7 Å². The van der Waals surface area contributed by atoms with Gasteiger partial charge in [0.05, 0.1) is 6.54 Å². The molecular weight excluding hydrogens is 192 g/mol. The minimum absolute atomic E-state index is 0.0355. The van der Waals surface area contributed by atoms with Crippen LogP contribution in [0.4, 0.5) is 10.5 Å². The summed E-state index contributed by atoms with van der Waals surface area (Å²) < 4.78 is 5.05. The Morgan fingerprint density at radius 2 is 2.13 bits per heavy atom. The van der Waals surface area contributed by atoms with Gasteiger partial charge in [0.2, 0.25) is 0 Å². The summed E-state index contributed by atoms with van der Waals surface area (Å²) in [5.41, 5.74) is 7.41. The van der Waals surface area contributed by atoms with Gasteiger partial charge in [0.15, 0.2) is 0 Å². The van der Waals surface area contributed by atoms with Crippen LogP contribution in [0.25, 0.3) is 0 Å². The van der Waals surface area contributed by atoms with Gasteiger partial charge in [0.25, 0.3) is 0 Å². The molecule has 0 radical (unpaired) electrons. The molecule has 1 aromatic carbocycles. The van der Waals surface area contributed by atoms with Crippen LogP contribution in [-0.2, 0) is 11.3 Å². The molecule has 1 aromatic rings. The number of rotatable bonds is 2. The standard InChI is InChI=1S/C11H14N2O2/c1-8-7-13(11(14)15-8)10-4-2-9(6-12)3-5-10/h2-5,8H,6-7,12H2,1H3. The van der Waals surface area contributed by atoms with Gasteiger partial charge in [0, 0.05) is 12.2 Å². The van der Waals surface area contributed by atoms with Crippen LogP contribution in [0, 0.1) is 0 Å². The van der Waals surface area contributed by atoms with E-state index in [1.807, 2.05) is 31.2 Å². The van der Waals surface area contributed by atoms with Crippen molar-refractivity contribution in [3.05, 3.63) is 29.8 Å². The first-order valence-electron chi connectivity index (χ1n) is 4.98. The zero-order valence-corrected chi connectivity index (χ0v) is 8.64. The van der Waals surface area contributed by atoms with E-state index >= 15 is 0 Å². The van der Waals surface area contributed by atoms with Crippen LogP contribution in [0.2, 0.25) is 0 Å². The monoisotopic (exact) mass is 206 g/mol. The van der Waals surface area contributed by atoms with Crippen molar-refractivity contribution in [3.8, 4) is 0 Å². The molecule has 2 rings (SSSR count). The van der Waals surface area contributed by atoms with Crippen molar-refractivity contribution in [1.29, 1.82) is 0 Å². The van der Waals surface area contributed by atoms with Crippen molar-refractivity contribution in [2.75, 3.05) is 11.4 Å². The lowest BCUT2D eigenvalue weighted by Crippen LogP contribution is -2.23. The van der Waals surface area contributed by atoms with Crippen molar-refractivity contribution >= 4 is 11.8 Å². The van der Waals surface area contributed by atoms with Gasteiger partial charge in [-0.2, -0.15) is 0 Å². The van der Waals surface area contributed by atoms with E-state index in [9.17, 15) is 4.79 Å². The molecule has 80 valence electrons. The van der Waals surface area contributed by atoms with Gasteiger partial charge in [0.1, 0.15) is 6.10 Å². The lowest BCUT2D eigenvalue weighted by Gasteiger charge is -2.12. The number of carbonyl (C=O) groups is 1. The summed E-state index contributed by atoms with van der Waals surface area (Å²) in [4.78, 5) is 13.0. The Balaban J connectivity index is 2.19. The Kier molecular flexibility index (Phi) is 2.60. The SMILES string of the molecule is CC1CN(c2ccc(CN)cc2)C(=O)O1. The van der Waals surface area contributed by atoms with Crippen molar-refractivity contribution in [3.63, 3.8) is 0 Å². The van der Waals surface area contributed by atoms with Crippen LogP contribution in [0.1, 0.15) is 12.5 Å². The van der Waals surface area contributed by atoms with Gasteiger partial charge in [-0.15, -0.1) is 0 Å². The fourth-order valence-electron chi connectivity index (χ4n) is 1.63. The van der Waals surface area contributed by atoms with E-state index in [-0.39, 0.29) is 12.2 Å². The Morgan fingerprint density at radius 3 is 2.60 bits per heavy atom. The smallest absolute Gasteiger partial charge is 0.414 e. The Morgan fingerprint density at radius 1 is 1.47 bits per heavy atom. The predicted octanol–water partition coefficient (Wildman–Crippen LogP) is 1.49. The second-order valence-corrected chi connectivity index (χ2v) is 3.68. The van der Waals surface area contributed by atoms with E-state index in [0.29, 0.717) is 13.1 Å². The minimum Gasteiger partial charge on any atom is -0.444 e. The summed E-state index contributed by atoms with van der Waals surface area (Å²) in [6, 6.07) is 7.63. The summed E-state index contributed by atoms with van der Waals surface area (Å²) in [6.45, 7) is 3.01. The van der Waals surface area contributed by atoms with Crippen LogP contribution in [0.15, 0.2) is 24.3 Å². The van der Waals surface area contributed by atoms with Crippen molar-refractivity contribution in [2.45, 2.75) is 19.6 Å². The van der Waals surface area contributed by atoms with Gasteiger partial charge in [-0.05, 0) is 24.6 Å². The Labute approximate surface area is 88.6 Å². The number of anilines is 1. The molecule has 1 heterocycles. The fourth-order valence-corrected chi connectivity index (χ4v) is 1.63. The summed E-state index contributed by atoms with van der Waals surface area (Å²) in [5, 5.41) is 0. The largest absolute Gasteiger partial charge is 0.444 e. The van der Waals surface area contributed by atoms with Crippen LogP contribution >= 0.6 is 0 Å². The lowest BCUT2D eigenvalue weighted by molar-refractivity contribution is 0.150. The van der Waals surface area contributed by atoms with Gasteiger partial charge in [-0.25, -0.2) is 4.79 Å². The first-order valence-corrected chi connectivity index (χ1v) is 4.98. The maximum atomic E-state index is 11.4. The zero-order chi connectivity index (χ0) is 10.8. The number of hydrogen-bond acceptors (Lipinski definition) is 3. The molecule has 1 atom stereocenters. The third kappa shape index (κ3) is 1.94. The first-order chi connectivity index (χ1) is 7.20. The molecule has 1 aliphatic rings. The van der Waals surface area contributed by atoms with Gasteiger partial charge >= 0.3 is 6.09 Å². The maximum absolute atomic E-state index is 11.4. The van der Waals surface area contributed by atoms with Crippen LogP contribution in [0.5, 0.6) is 0 Å². The number of hydrogen-bond donors (Lipinski definition) is 1. The van der Waals surface area contributed by atoms with E-state index in [2.05, 4.69) is 0 Å². The topological polar surface area (TPSA) is 55.6 Å². The molecule has 1 amide bonds. The normalized spacial score (nSPS) is 20.5. The molecule has 0 aromatic heterocycles. The second-order valence-electron chi connectivity index (χ2n) is 3.68. The molecule has 1 unspecified atom stereocenters. The number of carbonyl (C=O) groups excluding carboxylic acids is 1. The summed E-state index contributed by atoms with van der Waals surface area (Å²) >= 11 is 0. The van der Waals surface area contributed by atoms with Crippen molar-refractivity contribution in [1.82, 2.24) is 0 Å². The number of nitrogens with zero attached hydrogens (tertiary/aromatic N) is 1. The number of nitrogens with two attached hydrogens (primary N) is 1. The predicted molar refractivity (Wildman–Crippen MR) is 57.6 cm³/mol. The highest BCUT2D eigenvalue weighted by Gasteiger charge is 2.28. The number of benzene rings is 1. The Bertz CT molecular complexity index is 361. The quantitative estimate of drug-likeness (QED) is 0.797. The van der Waals surface area contributed by atoms with E-state index < -0.39 is 0 Å². The molecule has 0 spiro atoms. The highest BCUT2D eigenvalue weighted by molar-refractivity contribution is 5.89. The molecule has 0 aliphatic carbocycles. The molecule has 0 saturated carbocycles. The molecule has 1 aliphatic heterocycles. The number of ether oxygens (including phenoxy) is 1. The first kappa shape index (κ1) is 9.98. The third-order valence-electron chi connectivity index (χ3n) is 2.45. The third-order valence-corrected chi connectivity index (χ3v) is 2.45. The molecule has 4 heteroatoms. The molecule has 1 saturated heterocycles. The summed E-state index contributed by atoms with van der Waals surface area (Å²) in [6.07, 6.45) is -0.310. The second kappa shape index (κ2) is 3.90. The highest BCUT2D eigenvalue weighted by Crippen LogP contribution is 2.21. The zero-order valence-electron chi connectivity index (χ0n) is 8.64. The molecule has 2 N–H and O–H groups in total. The van der Waals surface area contributed by atoms with Crippen LogP contribution in [0.3, 0.4) is 0 Å². The minimum atomic E-state index is -0.275. The summed E-state index contributed by atoms with van der Waals surface area (Å²) in [5.74, 6) is 0. The summed E-state index contributed by atoms with van der Waals surface area (Å²) in [7, 11) is 0. The Hall–Kier alpha value is -1.55. The van der Waals surface area contributed by atoms with Crippen molar-refractivity contribution in [2.24, 2.45) is 5.73 Å². The average Bonchev–Trinajstić information content (AvgIpc) is 2.58. The number of cyclic esters (lactones) is 1. The lowest BCUT2D eigenvalue weighted by atomic mass is 10.2. The van der Waals surface area contributed by atoms with Crippen molar-refractivity contribution < 1.29 is 9.53 Å². The van der Waals surface area contributed by atoms with Gasteiger partial charge < -0.3 is 10.5 Å². The fraction of sp³-hybridized carbons (Fsp3) is 0.364. The van der Waals surface area contributed by atoms with Gasteiger partial charge in [-0.3, -0.25) is 4.90 Å². The number of amides is 1. The van der Waals surface area contributed by atoms with Crippen LogP contribution < -0.4 is 10.6 Å². The maximum Gasteiger partial charge on any atom is 0.414 e. The molecule has 15 heavy (non-hydrogen) atoms. The molecule has 1 fully saturated rings. The van der Waals surface area contributed by atoms with E-state index in [1.54, 1.807) is 4.90 Å². The average molecular weight is 206 g/mol. The van der Waals surface area contributed by atoms with E-state index in [1.165, 1.54) is 0 Å².